The smallest absolute Gasteiger partial charge is 0.227 e. The fourth-order valence-corrected chi connectivity index (χ4v) is 3.76. The van der Waals surface area contributed by atoms with Gasteiger partial charge in [-0.3, -0.25) is 4.90 Å². The molecule has 0 radical (unpaired) electrons. The summed E-state index contributed by atoms with van der Waals surface area (Å²) in [5.41, 5.74) is 2.77. The van der Waals surface area contributed by atoms with Crippen LogP contribution in [0.2, 0.25) is 0 Å². The van der Waals surface area contributed by atoms with Crippen LogP contribution < -0.4 is 4.74 Å². The van der Waals surface area contributed by atoms with Gasteiger partial charge in [-0.1, -0.05) is 32.0 Å². The predicted molar refractivity (Wildman–Crippen MR) is 127 cm³/mol. The highest BCUT2D eigenvalue weighted by Crippen LogP contribution is 2.32. The van der Waals surface area contributed by atoms with Gasteiger partial charge < -0.3 is 14.6 Å². The molecule has 2 aromatic carbocycles. The van der Waals surface area contributed by atoms with Crippen LogP contribution in [0, 0.1) is 5.82 Å². The molecule has 0 aliphatic heterocycles. The van der Waals surface area contributed by atoms with Gasteiger partial charge in [0.25, 0.3) is 0 Å². The lowest BCUT2D eigenvalue weighted by atomic mass is 10.1. The molecule has 1 heterocycles. The molecule has 3 rings (SSSR count). The molecule has 0 amide bonds. The van der Waals surface area contributed by atoms with Crippen molar-refractivity contribution < 1.29 is 19.0 Å². The van der Waals surface area contributed by atoms with Crippen molar-refractivity contribution in [3.05, 3.63) is 71.7 Å². The highest BCUT2D eigenvalue weighted by Gasteiger charge is 2.23. The summed E-state index contributed by atoms with van der Waals surface area (Å²) in [6.07, 6.45) is 1.10. The summed E-state index contributed by atoms with van der Waals surface area (Å²) in [7, 11) is 0. The molecule has 0 bridgehead atoms. The van der Waals surface area contributed by atoms with E-state index >= 15 is 0 Å². The summed E-state index contributed by atoms with van der Waals surface area (Å²) in [5, 5.41) is 15.3. The third-order valence-corrected chi connectivity index (χ3v) is 5.29. The van der Waals surface area contributed by atoms with Gasteiger partial charge in [0.05, 0.1) is 29.7 Å². The van der Waals surface area contributed by atoms with Crippen molar-refractivity contribution >= 4 is 0 Å². The summed E-state index contributed by atoms with van der Waals surface area (Å²) >= 11 is 0. The number of aromatic nitrogens is 2. The number of aryl methyl sites for hydroxylation is 1. The molecule has 0 fully saturated rings. The second kappa shape index (κ2) is 12.5. The van der Waals surface area contributed by atoms with E-state index in [4.69, 9.17) is 14.6 Å². The second-order valence-electron chi connectivity index (χ2n) is 7.94. The number of nitrogens with zero attached hydrogens (tertiary/aromatic N) is 3. The number of ether oxygens (including phenoxy) is 2. The van der Waals surface area contributed by atoms with Crippen LogP contribution in [-0.2, 0) is 17.7 Å². The van der Waals surface area contributed by atoms with Gasteiger partial charge in [0.2, 0.25) is 5.88 Å². The first-order chi connectivity index (χ1) is 16.0. The van der Waals surface area contributed by atoms with Gasteiger partial charge in [0.1, 0.15) is 11.6 Å². The minimum atomic E-state index is -0.577. The number of hydrogen-bond donors (Lipinski definition) is 1. The minimum Gasteiger partial charge on any atom is -0.439 e. The van der Waals surface area contributed by atoms with Crippen molar-refractivity contribution in [2.45, 2.75) is 46.3 Å². The van der Waals surface area contributed by atoms with E-state index in [-0.39, 0.29) is 5.82 Å². The molecule has 1 atom stereocenters. The van der Waals surface area contributed by atoms with Gasteiger partial charge in [-0.05, 0) is 62.7 Å². The molecule has 0 spiro atoms. The van der Waals surface area contributed by atoms with Gasteiger partial charge >= 0.3 is 0 Å². The Morgan fingerprint density at radius 1 is 1.06 bits per heavy atom. The fraction of sp³-hybridized carbons (Fsp3) is 0.423. The Labute approximate surface area is 195 Å². The molecule has 0 saturated heterocycles. The number of aliphatic hydroxyl groups excluding tert-OH is 1. The summed E-state index contributed by atoms with van der Waals surface area (Å²) < 4.78 is 27.0. The Balaban J connectivity index is 1.98. The van der Waals surface area contributed by atoms with E-state index in [2.05, 4.69) is 18.7 Å². The van der Waals surface area contributed by atoms with E-state index in [0.717, 1.165) is 36.3 Å². The number of aliphatic hydroxyl groups is 1. The Morgan fingerprint density at radius 3 is 2.42 bits per heavy atom. The third kappa shape index (κ3) is 6.87. The summed E-state index contributed by atoms with van der Waals surface area (Å²) in [6, 6.07) is 15.8. The SMILES string of the molecule is CCCN(Cc1c(CC)nn(-c2ccccc2)c1Oc1ccc(F)cc1)C[C@H](O)COCC. The van der Waals surface area contributed by atoms with Crippen molar-refractivity contribution in [1.29, 1.82) is 0 Å². The van der Waals surface area contributed by atoms with Crippen molar-refractivity contribution in [1.82, 2.24) is 14.7 Å². The third-order valence-electron chi connectivity index (χ3n) is 5.29. The van der Waals surface area contributed by atoms with E-state index < -0.39 is 6.10 Å². The lowest BCUT2D eigenvalue weighted by Gasteiger charge is -2.25. The average molecular weight is 456 g/mol. The van der Waals surface area contributed by atoms with E-state index in [0.29, 0.717) is 37.9 Å². The van der Waals surface area contributed by atoms with Crippen molar-refractivity contribution in [3.63, 3.8) is 0 Å². The van der Waals surface area contributed by atoms with E-state index in [9.17, 15) is 9.50 Å². The maximum atomic E-state index is 13.5. The van der Waals surface area contributed by atoms with Crippen molar-refractivity contribution in [3.8, 4) is 17.3 Å². The van der Waals surface area contributed by atoms with Crippen LogP contribution in [0.1, 0.15) is 38.4 Å². The molecule has 0 aliphatic rings. The number of rotatable bonds is 13. The van der Waals surface area contributed by atoms with Crippen LogP contribution in [0.5, 0.6) is 11.6 Å². The van der Waals surface area contributed by atoms with Crippen molar-refractivity contribution in [2.24, 2.45) is 0 Å². The lowest BCUT2D eigenvalue weighted by Crippen LogP contribution is -2.35. The molecule has 3 aromatic rings. The van der Waals surface area contributed by atoms with Gasteiger partial charge in [0, 0.05) is 19.7 Å². The van der Waals surface area contributed by atoms with Crippen molar-refractivity contribution in [2.75, 3.05) is 26.3 Å². The normalized spacial score (nSPS) is 12.3. The first kappa shape index (κ1) is 24.9. The molecule has 1 aromatic heterocycles. The Hall–Kier alpha value is -2.74. The largest absolute Gasteiger partial charge is 0.439 e. The molecular formula is C26H34FN3O3. The summed E-state index contributed by atoms with van der Waals surface area (Å²) in [4.78, 5) is 2.20. The maximum absolute atomic E-state index is 13.5. The minimum absolute atomic E-state index is 0.305. The topological polar surface area (TPSA) is 59.8 Å². The molecule has 0 unspecified atom stereocenters. The lowest BCUT2D eigenvalue weighted by molar-refractivity contribution is 0.0194. The average Bonchev–Trinajstić information content (AvgIpc) is 3.16. The first-order valence-electron chi connectivity index (χ1n) is 11.6. The number of hydrogen-bond acceptors (Lipinski definition) is 5. The van der Waals surface area contributed by atoms with Crippen LogP contribution in [0.25, 0.3) is 5.69 Å². The molecule has 1 N–H and O–H groups in total. The van der Waals surface area contributed by atoms with Crippen LogP contribution in [0.15, 0.2) is 54.6 Å². The summed E-state index contributed by atoms with van der Waals surface area (Å²) in [5.74, 6) is 0.826. The zero-order valence-corrected chi connectivity index (χ0v) is 19.7. The van der Waals surface area contributed by atoms with Gasteiger partial charge in [-0.15, -0.1) is 0 Å². The molecule has 33 heavy (non-hydrogen) atoms. The van der Waals surface area contributed by atoms with E-state index in [1.165, 1.54) is 12.1 Å². The van der Waals surface area contributed by atoms with E-state index in [1.54, 1.807) is 16.8 Å². The fourth-order valence-electron chi connectivity index (χ4n) is 3.76. The predicted octanol–water partition coefficient (Wildman–Crippen LogP) is 4.98. The molecule has 6 nitrogen and oxygen atoms in total. The number of benzene rings is 2. The number of halogens is 1. The van der Waals surface area contributed by atoms with Gasteiger partial charge in [-0.2, -0.15) is 5.10 Å². The second-order valence-corrected chi connectivity index (χ2v) is 7.94. The van der Waals surface area contributed by atoms with Crippen LogP contribution in [0.3, 0.4) is 0 Å². The van der Waals surface area contributed by atoms with Crippen LogP contribution in [0.4, 0.5) is 4.39 Å². The highest BCUT2D eigenvalue weighted by molar-refractivity contribution is 5.43. The van der Waals surface area contributed by atoms with Crippen LogP contribution in [-0.4, -0.2) is 52.2 Å². The first-order valence-corrected chi connectivity index (χ1v) is 11.6. The van der Waals surface area contributed by atoms with E-state index in [1.807, 2.05) is 37.3 Å². The highest BCUT2D eigenvalue weighted by atomic mass is 19.1. The Bertz CT molecular complexity index is 976. The van der Waals surface area contributed by atoms with Crippen LogP contribution >= 0.6 is 0 Å². The van der Waals surface area contributed by atoms with Gasteiger partial charge in [0.15, 0.2) is 0 Å². The molecule has 0 saturated carbocycles. The molecule has 178 valence electrons. The molecular weight excluding hydrogens is 421 g/mol. The molecule has 7 heteroatoms. The molecule has 0 aliphatic carbocycles. The quantitative estimate of drug-likeness (QED) is 0.394. The Morgan fingerprint density at radius 2 is 1.79 bits per heavy atom. The standard InChI is InChI=1S/C26H34FN3O3/c1-4-16-29(17-22(31)19-32-6-3)18-24-25(5-2)28-30(21-10-8-7-9-11-21)26(24)33-23-14-12-20(27)13-15-23/h7-15,22,31H,4-6,16-19H2,1-3H3/t22-/m0/s1. The zero-order valence-electron chi connectivity index (χ0n) is 19.7. The Kier molecular flexibility index (Phi) is 9.42. The zero-order chi connectivity index (χ0) is 23.6. The summed E-state index contributed by atoms with van der Waals surface area (Å²) in [6.45, 7) is 8.86. The maximum Gasteiger partial charge on any atom is 0.227 e. The monoisotopic (exact) mass is 455 g/mol. The van der Waals surface area contributed by atoms with Gasteiger partial charge in [-0.25, -0.2) is 9.07 Å². The number of para-hydroxylation sites is 1.